The summed E-state index contributed by atoms with van der Waals surface area (Å²) in [7, 11) is -0.686. The molecule has 0 saturated carbocycles. The molecule has 0 aliphatic heterocycles. The summed E-state index contributed by atoms with van der Waals surface area (Å²) < 4.78 is 21.0. The summed E-state index contributed by atoms with van der Waals surface area (Å²) in [4.78, 5) is 10.3. The molecule has 0 fully saturated rings. The third kappa shape index (κ3) is 2.59. The van der Waals surface area contributed by atoms with Gasteiger partial charge in [-0.15, -0.1) is 11.8 Å². The van der Waals surface area contributed by atoms with Crippen molar-refractivity contribution in [3.8, 4) is 0 Å². The molecular formula is C6H13O4PS. The van der Waals surface area contributed by atoms with E-state index in [4.69, 9.17) is 9.05 Å². The van der Waals surface area contributed by atoms with Crippen molar-refractivity contribution in [1.82, 2.24) is 0 Å². The summed E-state index contributed by atoms with van der Waals surface area (Å²) in [6.45, 7) is 1.37. The molecule has 0 amide bonds. The lowest BCUT2D eigenvalue weighted by Crippen LogP contribution is -2.15. The molecule has 0 spiro atoms. The number of hydrogen-bond acceptors (Lipinski definition) is 5. The van der Waals surface area contributed by atoms with E-state index in [1.807, 2.05) is 0 Å². The normalized spacial score (nSPS) is 14.3. The molecule has 0 heterocycles. The van der Waals surface area contributed by atoms with E-state index in [1.165, 1.54) is 32.9 Å². The molecule has 6 heteroatoms. The number of carbonyl (C=O) groups excluding carboxylic acids is 1. The van der Waals surface area contributed by atoms with E-state index in [0.717, 1.165) is 0 Å². The van der Waals surface area contributed by atoms with E-state index >= 15 is 0 Å². The molecule has 72 valence electrons. The summed E-state index contributed by atoms with van der Waals surface area (Å²) in [5.41, 5.74) is 0. The summed E-state index contributed by atoms with van der Waals surface area (Å²) >= 11 is 1.17. The van der Waals surface area contributed by atoms with Gasteiger partial charge in [0.15, 0.2) is 10.8 Å². The van der Waals surface area contributed by atoms with Gasteiger partial charge >= 0.3 is 7.60 Å². The number of hydrogen-bond donors (Lipinski definition) is 0. The van der Waals surface area contributed by atoms with Crippen LogP contribution in [-0.2, 0) is 18.4 Å². The van der Waals surface area contributed by atoms with Crippen molar-refractivity contribution in [3.63, 3.8) is 0 Å². The third-order valence-electron chi connectivity index (χ3n) is 1.37. The Hall–Kier alpha value is 0.170. The fraction of sp³-hybridized carbons (Fsp3) is 0.833. The SMILES string of the molecule is COP(=O)(OC)C(SC)C(C)=O. The van der Waals surface area contributed by atoms with Gasteiger partial charge < -0.3 is 9.05 Å². The van der Waals surface area contributed by atoms with Crippen LogP contribution in [0.5, 0.6) is 0 Å². The Morgan fingerprint density at radius 3 is 1.92 bits per heavy atom. The average molecular weight is 212 g/mol. The van der Waals surface area contributed by atoms with Gasteiger partial charge in [0.1, 0.15) is 0 Å². The van der Waals surface area contributed by atoms with E-state index in [1.54, 1.807) is 6.26 Å². The van der Waals surface area contributed by atoms with Crippen molar-refractivity contribution in [2.24, 2.45) is 0 Å². The van der Waals surface area contributed by atoms with Gasteiger partial charge in [-0.3, -0.25) is 9.36 Å². The Balaban J connectivity index is 4.68. The summed E-state index contributed by atoms with van der Waals surface area (Å²) in [5, 5.41) is 0. The van der Waals surface area contributed by atoms with Crippen molar-refractivity contribution >= 4 is 25.1 Å². The smallest absolute Gasteiger partial charge is 0.311 e. The fourth-order valence-electron chi connectivity index (χ4n) is 0.784. The maximum absolute atomic E-state index is 11.6. The number of rotatable bonds is 5. The number of ketones is 1. The number of carbonyl (C=O) groups is 1. The standard InChI is InChI=1S/C6H13O4PS/c1-5(7)6(12-4)11(8,9-2)10-3/h6H,1-4H3. The van der Waals surface area contributed by atoms with Crippen molar-refractivity contribution < 1.29 is 18.4 Å². The van der Waals surface area contributed by atoms with Crippen molar-refractivity contribution in [1.29, 1.82) is 0 Å². The molecule has 1 atom stereocenters. The predicted molar refractivity (Wildman–Crippen MR) is 49.6 cm³/mol. The average Bonchev–Trinajstić information content (AvgIpc) is 2.04. The fourth-order valence-corrected chi connectivity index (χ4v) is 3.64. The molecular weight excluding hydrogens is 199 g/mol. The molecule has 0 aromatic heterocycles. The maximum Gasteiger partial charge on any atom is 0.350 e. The minimum absolute atomic E-state index is 0.200. The molecule has 0 saturated heterocycles. The third-order valence-corrected chi connectivity index (χ3v) is 5.51. The quantitative estimate of drug-likeness (QED) is 0.650. The Morgan fingerprint density at radius 2 is 1.83 bits per heavy atom. The summed E-state index contributed by atoms with van der Waals surface area (Å²) in [6, 6.07) is 0. The highest BCUT2D eigenvalue weighted by Gasteiger charge is 2.36. The molecule has 0 aromatic carbocycles. The van der Waals surface area contributed by atoms with Gasteiger partial charge in [-0.05, 0) is 13.2 Å². The first-order valence-corrected chi connectivity index (χ1v) is 6.16. The first-order valence-electron chi connectivity index (χ1n) is 3.26. The van der Waals surface area contributed by atoms with Crippen molar-refractivity contribution in [2.45, 2.75) is 11.9 Å². The van der Waals surface area contributed by atoms with Gasteiger partial charge in [-0.2, -0.15) is 0 Å². The zero-order valence-corrected chi connectivity index (χ0v) is 9.28. The molecule has 0 rings (SSSR count). The molecule has 0 bridgehead atoms. The molecule has 0 N–H and O–H groups in total. The molecule has 0 aliphatic rings. The van der Waals surface area contributed by atoms with E-state index in [-0.39, 0.29) is 5.78 Å². The van der Waals surface area contributed by atoms with E-state index in [9.17, 15) is 9.36 Å². The molecule has 12 heavy (non-hydrogen) atoms. The molecule has 0 aliphatic carbocycles. The van der Waals surface area contributed by atoms with Crippen molar-refractivity contribution in [2.75, 3.05) is 20.5 Å². The van der Waals surface area contributed by atoms with Crippen LogP contribution >= 0.6 is 19.4 Å². The zero-order chi connectivity index (χ0) is 9.78. The van der Waals surface area contributed by atoms with Crippen LogP contribution in [0, 0.1) is 0 Å². The lowest BCUT2D eigenvalue weighted by Gasteiger charge is -2.19. The number of thioether (sulfide) groups is 1. The summed E-state index contributed by atoms with van der Waals surface area (Å²) in [5.74, 6) is -0.200. The second kappa shape index (κ2) is 5.02. The minimum atomic E-state index is -3.23. The Bertz CT molecular complexity index is 198. The van der Waals surface area contributed by atoms with Crippen LogP contribution in [0.25, 0.3) is 0 Å². The molecule has 4 nitrogen and oxygen atoms in total. The van der Waals surface area contributed by atoms with Gasteiger partial charge in [-0.25, -0.2) is 0 Å². The van der Waals surface area contributed by atoms with Crippen LogP contribution in [-0.4, -0.2) is 31.2 Å². The van der Waals surface area contributed by atoms with E-state index in [0.29, 0.717) is 0 Å². The highest BCUT2D eigenvalue weighted by atomic mass is 32.2. The van der Waals surface area contributed by atoms with Gasteiger partial charge in [0.25, 0.3) is 0 Å². The predicted octanol–water partition coefficient (Wildman–Crippen LogP) is 1.75. The van der Waals surface area contributed by atoms with Crippen LogP contribution in [0.2, 0.25) is 0 Å². The lowest BCUT2D eigenvalue weighted by molar-refractivity contribution is -0.115. The van der Waals surface area contributed by atoms with Crippen LogP contribution in [0.15, 0.2) is 0 Å². The molecule has 0 radical (unpaired) electrons. The van der Waals surface area contributed by atoms with Gasteiger partial charge in [0.05, 0.1) is 0 Å². The van der Waals surface area contributed by atoms with Crippen LogP contribution in [0.3, 0.4) is 0 Å². The second-order valence-electron chi connectivity index (χ2n) is 2.10. The first kappa shape index (κ1) is 12.2. The zero-order valence-electron chi connectivity index (χ0n) is 7.57. The highest BCUT2D eigenvalue weighted by Crippen LogP contribution is 2.55. The van der Waals surface area contributed by atoms with Gasteiger partial charge in [-0.1, -0.05) is 0 Å². The second-order valence-corrected chi connectivity index (χ2v) is 5.72. The van der Waals surface area contributed by atoms with E-state index < -0.39 is 12.6 Å². The maximum atomic E-state index is 11.6. The van der Waals surface area contributed by atoms with E-state index in [2.05, 4.69) is 0 Å². The van der Waals surface area contributed by atoms with Crippen LogP contribution < -0.4 is 0 Å². The molecule has 1 unspecified atom stereocenters. The first-order chi connectivity index (χ1) is 5.51. The van der Waals surface area contributed by atoms with Gasteiger partial charge in [0, 0.05) is 14.2 Å². The Kier molecular flexibility index (Phi) is 5.09. The number of Topliss-reactive ketones (excluding diaryl/α,β-unsaturated/α-hetero) is 1. The summed E-state index contributed by atoms with van der Waals surface area (Å²) in [6.07, 6.45) is 1.69. The Morgan fingerprint density at radius 1 is 1.42 bits per heavy atom. The van der Waals surface area contributed by atoms with Crippen LogP contribution in [0.1, 0.15) is 6.92 Å². The Labute approximate surface area is 76.5 Å². The highest BCUT2D eigenvalue weighted by molar-refractivity contribution is 8.05. The van der Waals surface area contributed by atoms with Crippen molar-refractivity contribution in [3.05, 3.63) is 0 Å². The largest absolute Gasteiger partial charge is 0.350 e. The van der Waals surface area contributed by atoms with Crippen LogP contribution in [0.4, 0.5) is 0 Å². The topological polar surface area (TPSA) is 52.6 Å². The molecule has 0 aromatic rings. The minimum Gasteiger partial charge on any atom is -0.311 e. The monoisotopic (exact) mass is 212 g/mol. The lowest BCUT2D eigenvalue weighted by atomic mass is 10.5. The van der Waals surface area contributed by atoms with Gasteiger partial charge in [0.2, 0.25) is 0 Å².